The summed E-state index contributed by atoms with van der Waals surface area (Å²) < 4.78 is 5.25. The Labute approximate surface area is 163 Å². The van der Waals surface area contributed by atoms with Gasteiger partial charge in [-0.2, -0.15) is 0 Å². The van der Waals surface area contributed by atoms with E-state index in [-0.39, 0.29) is 12.5 Å². The van der Waals surface area contributed by atoms with E-state index >= 15 is 0 Å². The van der Waals surface area contributed by atoms with Crippen molar-refractivity contribution in [3.8, 4) is 0 Å². The summed E-state index contributed by atoms with van der Waals surface area (Å²) in [7, 11) is 0. The van der Waals surface area contributed by atoms with Gasteiger partial charge < -0.3 is 15.4 Å². The van der Waals surface area contributed by atoms with Crippen molar-refractivity contribution in [2.45, 2.75) is 19.1 Å². The first-order valence-electron chi connectivity index (χ1n) is 8.93. The predicted octanol–water partition coefficient (Wildman–Crippen LogP) is 3.56. The number of aromatic nitrogens is 1. The van der Waals surface area contributed by atoms with Crippen LogP contribution >= 0.6 is 0 Å². The molecular weight excluding hydrogens is 354 g/mol. The second-order valence-corrected chi connectivity index (χ2v) is 6.18. The van der Waals surface area contributed by atoms with Gasteiger partial charge >= 0.3 is 6.09 Å². The fraction of sp³-hybridized carbons (Fsp3) is 0.136. The SMILES string of the molecule is O=C(NC(Cc1ccccc1)C(=O)Nc1cccnc1)OCc1ccccc1. The highest BCUT2D eigenvalue weighted by molar-refractivity contribution is 5.96. The predicted molar refractivity (Wildman–Crippen MR) is 107 cm³/mol. The van der Waals surface area contributed by atoms with Crippen LogP contribution in [0, 0.1) is 0 Å². The molecule has 6 nitrogen and oxygen atoms in total. The molecule has 1 aromatic heterocycles. The third-order valence-corrected chi connectivity index (χ3v) is 4.03. The third-order valence-electron chi connectivity index (χ3n) is 4.03. The number of pyridine rings is 1. The van der Waals surface area contributed by atoms with Gasteiger partial charge in [-0.25, -0.2) is 4.79 Å². The van der Waals surface area contributed by atoms with Crippen molar-refractivity contribution in [2.24, 2.45) is 0 Å². The molecule has 2 aromatic carbocycles. The van der Waals surface area contributed by atoms with Crippen LogP contribution in [0.3, 0.4) is 0 Å². The fourth-order valence-corrected chi connectivity index (χ4v) is 2.63. The zero-order valence-corrected chi connectivity index (χ0v) is 15.2. The van der Waals surface area contributed by atoms with Gasteiger partial charge in [0, 0.05) is 12.6 Å². The Kier molecular flexibility index (Phi) is 6.73. The third kappa shape index (κ3) is 5.95. The Morgan fingerprint density at radius 2 is 1.57 bits per heavy atom. The minimum atomic E-state index is -0.786. The molecule has 1 atom stereocenters. The molecule has 0 bridgehead atoms. The summed E-state index contributed by atoms with van der Waals surface area (Å²) in [4.78, 5) is 28.9. The van der Waals surface area contributed by atoms with Crippen LogP contribution < -0.4 is 10.6 Å². The number of nitrogens with one attached hydrogen (secondary N) is 2. The second kappa shape index (κ2) is 9.87. The Balaban J connectivity index is 1.64. The molecule has 0 fully saturated rings. The highest BCUT2D eigenvalue weighted by Crippen LogP contribution is 2.09. The van der Waals surface area contributed by atoms with Crippen LogP contribution in [-0.2, 0) is 22.6 Å². The molecule has 0 saturated carbocycles. The Hall–Kier alpha value is -3.67. The quantitative estimate of drug-likeness (QED) is 0.662. The molecule has 0 aliphatic heterocycles. The molecule has 1 heterocycles. The summed E-state index contributed by atoms with van der Waals surface area (Å²) in [5, 5.41) is 5.43. The van der Waals surface area contributed by atoms with Crippen LogP contribution in [0.2, 0.25) is 0 Å². The molecule has 0 saturated heterocycles. The average Bonchev–Trinajstić information content (AvgIpc) is 2.74. The number of hydrogen-bond donors (Lipinski definition) is 2. The van der Waals surface area contributed by atoms with Crippen molar-refractivity contribution in [1.82, 2.24) is 10.3 Å². The molecule has 0 aliphatic carbocycles. The zero-order chi connectivity index (χ0) is 19.6. The maximum Gasteiger partial charge on any atom is 0.408 e. The smallest absolute Gasteiger partial charge is 0.408 e. The van der Waals surface area contributed by atoms with E-state index in [4.69, 9.17) is 4.74 Å². The van der Waals surface area contributed by atoms with E-state index in [1.807, 2.05) is 60.7 Å². The monoisotopic (exact) mass is 375 g/mol. The lowest BCUT2D eigenvalue weighted by Crippen LogP contribution is -2.45. The molecule has 6 heteroatoms. The Morgan fingerprint density at radius 1 is 0.893 bits per heavy atom. The van der Waals surface area contributed by atoms with Gasteiger partial charge in [0.25, 0.3) is 0 Å². The van der Waals surface area contributed by atoms with E-state index in [2.05, 4.69) is 15.6 Å². The lowest BCUT2D eigenvalue weighted by molar-refractivity contribution is -0.118. The molecule has 3 aromatic rings. The summed E-state index contributed by atoms with van der Waals surface area (Å²) in [6, 6.07) is 21.5. The summed E-state index contributed by atoms with van der Waals surface area (Å²) in [6.45, 7) is 0.134. The van der Waals surface area contributed by atoms with Gasteiger partial charge in [-0.1, -0.05) is 60.7 Å². The van der Waals surface area contributed by atoms with Crippen LogP contribution in [-0.4, -0.2) is 23.0 Å². The van der Waals surface area contributed by atoms with Crippen molar-refractivity contribution in [3.63, 3.8) is 0 Å². The average molecular weight is 375 g/mol. The molecule has 0 aliphatic rings. The largest absolute Gasteiger partial charge is 0.445 e. The van der Waals surface area contributed by atoms with Crippen LogP contribution in [0.25, 0.3) is 0 Å². The molecule has 1 unspecified atom stereocenters. The van der Waals surface area contributed by atoms with Gasteiger partial charge in [0.1, 0.15) is 12.6 Å². The van der Waals surface area contributed by atoms with E-state index in [9.17, 15) is 9.59 Å². The zero-order valence-electron chi connectivity index (χ0n) is 15.2. The minimum Gasteiger partial charge on any atom is -0.445 e. The summed E-state index contributed by atoms with van der Waals surface area (Å²) in [5.74, 6) is -0.339. The second-order valence-electron chi connectivity index (χ2n) is 6.18. The van der Waals surface area contributed by atoms with Crippen molar-refractivity contribution in [3.05, 3.63) is 96.3 Å². The van der Waals surface area contributed by atoms with Gasteiger partial charge in [0.05, 0.1) is 11.9 Å². The first-order valence-corrected chi connectivity index (χ1v) is 8.93. The van der Waals surface area contributed by atoms with Crippen molar-refractivity contribution >= 4 is 17.7 Å². The molecule has 2 N–H and O–H groups in total. The number of nitrogens with zero attached hydrogens (tertiary/aromatic N) is 1. The van der Waals surface area contributed by atoms with Gasteiger partial charge in [-0.3, -0.25) is 9.78 Å². The molecule has 2 amide bonds. The first kappa shape index (κ1) is 19.1. The lowest BCUT2D eigenvalue weighted by Gasteiger charge is -2.18. The van der Waals surface area contributed by atoms with Crippen LogP contribution in [0.4, 0.5) is 10.5 Å². The molecule has 0 radical (unpaired) electrons. The van der Waals surface area contributed by atoms with E-state index in [1.165, 1.54) is 0 Å². The maximum atomic E-state index is 12.7. The fourth-order valence-electron chi connectivity index (χ4n) is 2.63. The normalized spacial score (nSPS) is 11.3. The summed E-state index contributed by atoms with van der Waals surface area (Å²) in [5.41, 5.74) is 2.36. The number of amides is 2. The van der Waals surface area contributed by atoms with Gasteiger partial charge in [0.2, 0.25) is 5.91 Å². The highest BCUT2D eigenvalue weighted by atomic mass is 16.5. The van der Waals surface area contributed by atoms with E-state index in [0.29, 0.717) is 12.1 Å². The molecular formula is C22H21N3O3. The van der Waals surface area contributed by atoms with Crippen molar-refractivity contribution < 1.29 is 14.3 Å². The minimum absolute atomic E-state index is 0.134. The van der Waals surface area contributed by atoms with Crippen molar-refractivity contribution in [1.29, 1.82) is 0 Å². The van der Waals surface area contributed by atoms with Crippen LogP contribution in [0.15, 0.2) is 85.2 Å². The lowest BCUT2D eigenvalue weighted by atomic mass is 10.1. The van der Waals surface area contributed by atoms with Gasteiger partial charge in [-0.05, 0) is 23.3 Å². The first-order chi connectivity index (χ1) is 13.7. The van der Waals surface area contributed by atoms with E-state index in [1.54, 1.807) is 24.5 Å². The van der Waals surface area contributed by atoms with Gasteiger partial charge in [-0.15, -0.1) is 0 Å². The molecule has 28 heavy (non-hydrogen) atoms. The Bertz CT molecular complexity index is 887. The Morgan fingerprint density at radius 3 is 2.21 bits per heavy atom. The number of anilines is 1. The maximum absolute atomic E-state index is 12.7. The van der Waals surface area contributed by atoms with Crippen LogP contribution in [0.5, 0.6) is 0 Å². The number of rotatable bonds is 7. The molecule has 142 valence electrons. The molecule has 0 spiro atoms. The van der Waals surface area contributed by atoms with Crippen LogP contribution in [0.1, 0.15) is 11.1 Å². The number of carbonyl (C=O) groups excluding carboxylic acids is 2. The number of hydrogen-bond acceptors (Lipinski definition) is 4. The number of carbonyl (C=O) groups is 2. The highest BCUT2D eigenvalue weighted by Gasteiger charge is 2.22. The van der Waals surface area contributed by atoms with Gasteiger partial charge in [0.15, 0.2) is 0 Å². The van der Waals surface area contributed by atoms with E-state index < -0.39 is 12.1 Å². The summed E-state index contributed by atoms with van der Waals surface area (Å²) in [6.07, 6.45) is 2.86. The number of benzene rings is 2. The number of ether oxygens (including phenoxy) is 1. The van der Waals surface area contributed by atoms with Crippen molar-refractivity contribution in [2.75, 3.05) is 5.32 Å². The summed E-state index contributed by atoms with van der Waals surface area (Å²) >= 11 is 0. The standard InChI is InChI=1S/C22H21N3O3/c26-21(24-19-12-7-13-23-15-19)20(14-17-8-3-1-4-9-17)25-22(27)28-16-18-10-5-2-6-11-18/h1-13,15,20H,14,16H2,(H,24,26)(H,25,27). The van der Waals surface area contributed by atoms with E-state index in [0.717, 1.165) is 11.1 Å². The topological polar surface area (TPSA) is 80.3 Å². The number of alkyl carbamates (subject to hydrolysis) is 1. The molecule has 3 rings (SSSR count).